The minimum absolute atomic E-state index is 0.148. The highest BCUT2D eigenvalue weighted by molar-refractivity contribution is 5.76. The van der Waals surface area contributed by atoms with Crippen LogP contribution in [0.15, 0.2) is 17.1 Å². The highest BCUT2D eigenvalue weighted by atomic mass is 19.3. The average molecular weight is 376 g/mol. The summed E-state index contributed by atoms with van der Waals surface area (Å²) in [5, 5.41) is 9.35. The van der Waals surface area contributed by atoms with E-state index in [0.717, 1.165) is 12.3 Å². The molecule has 4 atom stereocenters. The lowest BCUT2D eigenvalue weighted by atomic mass is 9.87. The molecule has 0 spiro atoms. The molecule has 2 rings (SSSR count). The molecule has 0 saturated carbocycles. The van der Waals surface area contributed by atoms with Crippen LogP contribution in [0.2, 0.25) is 0 Å². The summed E-state index contributed by atoms with van der Waals surface area (Å²) in [7, 11) is 0. The molecule has 1 fully saturated rings. The van der Waals surface area contributed by atoms with Gasteiger partial charge in [-0.05, 0) is 11.5 Å². The number of nitrogen functional groups attached to an aromatic ring is 1. The zero-order valence-electron chi connectivity index (χ0n) is 14.6. The second kappa shape index (κ2) is 6.89. The highest BCUT2D eigenvalue weighted by Gasteiger charge is 2.62. The van der Waals surface area contributed by atoms with E-state index in [4.69, 9.17) is 20.9 Å². The van der Waals surface area contributed by atoms with Gasteiger partial charge in [-0.25, -0.2) is 4.79 Å². The molecule has 0 amide bonds. The standard InChI is InChI=1S/C15H22F2N4O5/c1-14(2,3)9(19)11(23)26-10-7(6-22)25-12(15(10,16)17)21-5-4-8(18)20-13(21)24/h4-5,7,9-10,12,22H,6,19H2,1-3H3,(H2,18,20,24)/t7?,9-,10-,12?/m1/s1. The van der Waals surface area contributed by atoms with Crippen LogP contribution in [-0.4, -0.2) is 51.4 Å². The molecule has 0 bridgehead atoms. The van der Waals surface area contributed by atoms with Crippen molar-refractivity contribution in [1.29, 1.82) is 0 Å². The smallest absolute Gasteiger partial charge is 0.351 e. The maximum atomic E-state index is 14.8. The van der Waals surface area contributed by atoms with Crippen LogP contribution < -0.4 is 17.2 Å². The molecule has 0 aliphatic carbocycles. The zero-order valence-corrected chi connectivity index (χ0v) is 14.6. The van der Waals surface area contributed by atoms with Crippen LogP contribution in [0.25, 0.3) is 0 Å². The molecule has 11 heteroatoms. The first-order valence-corrected chi connectivity index (χ1v) is 7.84. The summed E-state index contributed by atoms with van der Waals surface area (Å²) in [5.74, 6) is -5.03. The molecular formula is C15H22F2N4O5. The number of aliphatic hydroxyl groups is 1. The van der Waals surface area contributed by atoms with Crippen molar-refractivity contribution >= 4 is 11.8 Å². The van der Waals surface area contributed by atoms with E-state index in [0.29, 0.717) is 4.57 Å². The van der Waals surface area contributed by atoms with Crippen molar-refractivity contribution in [1.82, 2.24) is 9.55 Å². The SMILES string of the molecule is CC(C)(C)[C@H](N)C(=O)O[C@@H]1C(CO)OC(n2ccc(N)nc2=O)C1(F)F. The minimum atomic E-state index is -3.82. The number of aromatic nitrogens is 2. The lowest BCUT2D eigenvalue weighted by Gasteiger charge is -2.29. The number of hydrogen-bond donors (Lipinski definition) is 3. The minimum Gasteiger partial charge on any atom is -0.452 e. The summed E-state index contributed by atoms with van der Waals surface area (Å²) >= 11 is 0. The third-order valence-electron chi connectivity index (χ3n) is 4.06. The van der Waals surface area contributed by atoms with Crippen LogP contribution in [0.4, 0.5) is 14.6 Å². The number of nitrogens with zero attached hydrogens (tertiary/aromatic N) is 2. The number of halogens is 2. The largest absolute Gasteiger partial charge is 0.452 e. The molecule has 9 nitrogen and oxygen atoms in total. The van der Waals surface area contributed by atoms with Gasteiger partial charge in [-0.1, -0.05) is 20.8 Å². The molecule has 26 heavy (non-hydrogen) atoms. The van der Waals surface area contributed by atoms with Gasteiger partial charge in [0.2, 0.25) is 6.23 Å². The quantitative estimate of drug-likeness (QED) is 0.605. The van der Waals surface area contributed by atoms with Crippen LogP contribution in [0, 0.1) is 5.41 Å². The summed E-state index contributed by atoms with van der Waals surface area (Å²) in [6.45, 7) is 4.09. The van der Waals surface area contributed by atoms with Crippen molar-refractivity contribution in [3.63, 3.8) is 0 Å². The molecule has 0 radical (unpaired) electrons. The Bertz CT molecular complexity index is 733. The Hall–Kier alpha value is -2.11. The number of carbonyl (C=O) groups excluding carboxylic acids is 1. The molecule has 1 aromatic heterocycles. The van der Waals surface area contributed by atoms with E-state index in [1.165, 1.54) is 0 Å². The fourth-order valence-corrected chi connectivity index (χ4v) is 2.42. The van der Waals surface area contributed by atoms with Crippen LogP contribution in [0.3, 0.4) is 0 Å². The molecule has 1 aliphatic rings. The van der Waals surface area contributed by atoms with E-state index in [2.05, 4.69) is 4.98 Å². The number of nitrogens with two attached hydrogens (primary N) is 2. The molecule has 2 unspecified atom stereocenters. The van der Waals surface area contributed by atoms with Gasteiger partial charge in [0.1, 0.15) is 18.0 Å². The first-order chi connectivity index (χ1) is 11.9. The van der Waals surface area contributed by atoms with Gasteiger partial charge in [-0.15, -0.1) is 0 Å². The van der Waals surface area contributed by atoms with Crippen LogP contribution in [-0.2, 0) is 14.3 Å². The van der Waals surface area contributed by atoms with Crippen LogP contribution in [0.5, 0.6) is 0 Å². The monoisotopic (exact) mass is 376 g/mol. The fourth-order valence-electron chi connectivity index (χ4n) is 2.42. The van der Waals surface area contributed by atoms with Crippen molar-refractivity contribution in [2.45, 2.75) is 51.2 Å². The second-order valence-corrected chi connectivity index (χ2v) is 7.13. The van der Waals surface area contributed by atoms with Crippen molar-refractivity contribution in [3.05, 3.63) is 22.7 Å². The number of aliphatic hydroxyl groups excluding tert-OH is 1. The van der Waals surface area contributed by atoms with Crippen molar-refractivity contribution in [2.24, 2.45) is 11.1 Å². The van der Waals surface area contributed by atoms with Crippen LogP contribution >= 0.6 is 0 Å². The summed E-state index contributed by atoms with van der Waals surface area (Å²) in [4.78, 5) is 27.3. The molecule has 1 saturated heterocycles. The molecule has 0 aromatic carbocycles. The molecule has 1 aromatic rings. The van der Waals surface area contributed by atoms with Gasteiger partial charge >= 0.3 is 17.6 Å². The first kappa shape index (κ1) is 20.2. The van der Waals surface area contributed by atoms with Crippen LogP contribution in [0.1, 0.15) is 27.0 Å². The van der Waals surface area contributed by atoms with Gasteiger partial charge in [0.25, 0.3) is 0 Å². The third kappa shape index (κ3) is 3.69. The summed E-state index contributed by atoms with van der Waals surface area (Å²) in [6.07, 6.45) is -4.80. The number of carbonyl (C=O) groups is 1. The summed E-state index contributed by atoms with van der Waals surface area (Å²) in [6, 6.07) is -0.0264. The Kier molecular flexibility index (Phi) is 5.36. The molecule has 146 valence electrons. The Labute approximate surface area is 147 Å². The first-order valence-electron chi connectivity index (χ1n) is 7.84. The van der Waals surface area contributed by atoms with Gasteiger partial charge in [0.15, 0.2) is 6.10 Å². The average Bonchev–Trinajstić information content (AvgIpc) is 2.77. The highest BCUT2D eigenvalue weighted by Crippen LogP contribution is 2.44. The van der Waals surface area contributed by atoms with Gasteiger partial charge in [0.05, 0.1) is 6.61 Å². The van der Waals surface area contributed by atoms with Crippen molar-refractivity contribution in [3.8, 4) is 0 Å². The fraction of sp³-hybridized carbons (Fsp3) is 0.667. The van der Waals surface area contributed by atoms with Gasteiger partial charge in [-0.3, -0.25) is 9.36 Å². The normalized spacial score (nSPS) is 26.5. The predicted octanol–water partition coefficient (Wildman–Crippen LogP) is -0.364. The van der Waals surface area contributed by atoms with Crippen molar-refractivity contribution < 1.29 is 28.2 Å². The summed E-state index contributed by atoms with van der Waals surface area (Å²) < 4.78 is 40.1. The van der Waals surface area contributed by atoms with Gasteiger partial charge in [0, 0.05) is 6.20 Å². The maximum Gasteiger partial charge on any atom is 0.351 e. The maximum absolute atomic E-state index is 14.8. The van der Waals surface area contributed by atoms with Gasteiger partial charge < -0.3 is 26.0 Å². The lowest BCUT2D eigenvalue weighted by molar-refractivity contribution is -0.179. The molecule has 5 N–H and O–H groups in total. The Morgan fingerprint density at radius 1 is 1.54 bits per heavy atom. The number of hydrogen-bond acceptors (Lipinski definition) is 8. The van der Waals surface area contributed by atoms with E-state index in [1.807, 2.05) is 0 Å². The Balaban J connectivity index is 2.32. The Morgan fingerprint density at radius 2 is 2.15 bits per heavy atom. The zero-order chi connectivity index (χ0) is 19.9. The number of ether oxygens (including phenoxy) is 2. The van der Waals surface area contributed by atoms with E-state index in [-0.39, 0.29) is 5.82 Å². The molecule has 1 aliphatic heterocycles. The van der Waals surface area contributed by atoms with E-state index in [9.17, 15) is 23.5 Å². The second-order valence-electron chi connectivity index (χ2n) is 7.13. The van der Waals surface area contributed by atoms with E-state index < -0.39 is 54.1 Å². The topological polar surface area (TPSA) is 143 Å². The van der Waals surface area contributed by atoms with E-state index >= 15 is 0 Å². The number of anilines is 1. The molecular weight excluding hydrogens is 354 g/mol. The number of rotatable bonds is 4. The lowest BCUT2D eigenvalue weighted by Crippen LogP contribution is -2.50. The van der Waals surface area contributed by atoms with Gasteiger partial charge in [-0.2, -0.15) is 13.8 Å². The Morgan fingerprint density at radius 3 is 2.65 bits per heavy atom. The predicted molar refractivity (Wildman–Crippen MR) is 86.2 cm³/mol. The number of esters is 1. The third-order valence-corrected chi connectivity index (χ3v) is 4.06. The molecule has 2 heterocycles. The van der Waals surface area contributed by atoms with E-state index in [1.54, 1.807) is 20.8 Å². The van der Waals surface area contributed by atoms with Crippen molar-refractivity contribution in [2.75, 3.05) is 12.3 Å². The summed E-state index contributed by atoms with van der Waals surface area (Å²) in [5.41, 5.74) is 9.28. The number of alkyl halides is 2.